The minimum absolute atomic E-state index is 0.0125. The first-order valence-electron chi connectivity index (χ1n) is 14.9. The summed E-state index contributed by atoms with van der Waals surface area (Å²) in [7, 11) is -2.23. The summed E-state index contributed by atoms with van der Waals surface area (Å²) in [6.45, 7) is 6.84. The van der Waals surface area contributed by atoms with Gasteiger partial charge in [-0.3, -0.25) is 10.1 Å². The molecule has 0 saturated carbocycles. The van der Waals surface area contributed by atoms with Crippen LogP contribution in [0.25, 0.3) is 0 Å². The number of nitrogens with two attached hydrogens (primary N) is 1. The van der Waals surface area contributed by atoms with Crippen molar-refractivity contribution >= 4 is 63.7 Å². The highest BCUT2D eigenvalue weighted by atomic mass is 127. The lowest BCUT2D eigenvalue weighted by Crippen LogP contribution is -2.34. The molecule has 49 heavy (non-hydrogen) atoms. The van der Waals surface area contributed by atoms with Gasteiger partial charge in [-0.05, 0) is 85.8 Å². The topological polar surface area (TPSA) is 194 Å². The maximum atomic E-state index is 14.4. The highest BCUT2D eigenvalue weighted by molar-refractivity contribution is 14.2. The van der Waals surface area contributed by atoms with Crippen LogP contribution in [0.1, 0.15) is 66.3 Å². The number of hydrogen-bond donors (Lipinski definition) is 4. The maximum absolute atomic E-state index is 14.4. The van der Waals surface area contributed by atoms with Crippen LogP contribution >= 0.6 is 21.2 Å². The monoisotopic (exact) mass is 812 g/mol. The van der Waals surface area contributed by atoms with Crippen LogP contribution in [0.4, 0.5) is 25.4 Å². The molecule has 0 bridgehead atoms. The summed E-state index contributed by atoms with van der Waals surface area (Å²) in [6, 6.07) is 11.1. The Morgan fingerprint density at radius 3 is 2.31 bits per heavy atom. The standard InChI is InChI=1S/C33H38FIN4O9S/c1-6-19-15-21(28(30(41)42)38-26-17-22(29(36)40)9-11-25(26)34)8-7-20(19)13-14-47-31(43)37-24-10-12-27(49(35,45)46)23(16-24)18-39(5)32(44)48-33(2,3)4/h7-12,15-17,28,38H,6,13-14,18H2,1-5H3,(H2,36,40)(H,37,43)(H,41,42). The van der Waals surface area contributed by atoms with Gasteiger partial charge >= 0.3 is 18.2 Å². The first-order valence-corrected chi connectivity index (χ1v) is 19.0. The van der Waals surface area contributed by atoms with E-state index in [0.29, 0.717) is 12.0 Å². The van der Waals surface area contributed by atoms with Crippen LogP contribution in [-0.4, -0.2) is 61.7 Å². The fourth-order valence-electron chi connectivity index (χ4n) is 4.72. The number of ether oxygens (including phenoxy) is 2. The molecule has 3 amide bonds. The summed E-state index contributed by atoms with van der Waals surface area (Å²) in [5.74, 6) is -2.82. The van der Waals surface area contributed by atoms with Crippen molar-refractivity contribution in [3.63, 3.8) is 0 Å². The van der Waals surface area contributed by atoms with Gasteiger partial charge in [0, 0.05) is 24.7 Å². The van der Waals surface area contributed by atoms with E-state index in [9.17, 15) is 37.1 Å². The van der Waals surface area contributed by atoms with Crippen molar-refractivity contribution in [3.8, 4) is 0 Å². The number of amides is 3. The highest BCUT2D eigenvalue weighted by Crippen LogP contribution is 2.28. The number of aliphatic carboxylic acids is 1. The minimum Gasteiger partial charge on any atom is -0.479 e. The summed E-state index contributed by atoms with van der Waals surface area (Å²) in [5.41, 5.74) is 6.73. The number of carbonyl (C=O) groups excluding carboxylic acids is 3. The lowest BCUT2D eigenvalue weighted by molar-refractivity contribution is -0.138. The largest absolute Gasteiger partial charge is 0.479 e. The number of hydrogen-bond acceptors (Lipinski definition) is 9. The molecule has 1 atom stereocenters. The Balaban J connectivity index is 1.70. The lowest BCUT2D eigenvalue weighted by Gasteiger charge is -2.25. The van der Waals surface area contributed by atoms with Crippen LogP contribution < -0.4 is 16.4 Å². The van der Waals surface area contributed by atoms with Crippen LogP contribution in [0, 0.1) is 5.82 Å². The van der Waals surface area contributed by atoms with Crippen LogP contribution in [0.2, 0.25) is 0 Å². The number of benzene rings is 3. The van der Waals surface area contributed by atoms with E-state index in [1.54, 1.807) is 39.0 Å². The van der Waals surface area contributed by atoms with Crippen LogP contribution in [0.5, 0.6) is 0 Å². The number of nitrogens with one attached hydrogen (secondary N) is 2. The average molecular weight is 813 g/mol. The van der Waals surface area contributed by atoms with Gasteiger partial charge in [0.25, 0.3) is 0 Å². The predicted molar refractivity (Wildman–Crippen MR) is 189 cm³/mol. The number of primary amides is 1. The van der Waals surface area contributed by atoms with Gasteiger partial charge < -0.3 is 30.5 Å². The molecule has 13 nitrogen and oxygen atoms in total. The summed E-state index contributed by atoms with van der Waals surface area (Å²) in [4.78, 5) is 50.0. The SMILES string of the molecule is CCc1cc(C(Nc2cc(C(N)=O)ccc2F)C(=O)O)ccc1CCOC(=O)Nc1ccc(S(=O)(=O)I)c(CN(C)C(=O)OC(C)(C)C)c1. The zero-order valence-corrected chi connectivity index (χ0v) is 30.5. The van der Waals surface area contributed by atoms with E-state index in [-0.39, 0.29) is 47.0 Å². The molecule has 3 aromatic carbocycles. The van der Waals surface area contributed by atoms with Gasteiger partial charge in [0.05, 0.1) is 44.9 Å². The zero-order valence-electron chi connectivity index (χ0n) is 27.5. The molecule has 1 unspecified atom stereocenters. The lowest BCUT2D eigenvalue weighted by atomic mass is 9.96. The molecule has 0 heterocycles. The minimum atomic E-state index is -3.70. The Labute approximate surface area is 295 Å². The normalized spacial score (nSPS) is 12.1. The van der Waals surface area contributed by atoms with Crippen molar-refractivity contribution in [1.29, 1.82) is 0 Å². The second kappa shape index (κ2) is 16.3. The highest BCUT2D eigenvalue weighted by Gasteiger charge is 2.24. The third kappa shape index (κ3) is 11.3. The van der Waals surface area contributed by atoms with Crippen molar-refractivity contribution in [3.05, 3.63) is 88.2 Å². The van der Waals surface area contributed by atoms with Gasteiger partial charge in [0.1, 0.15) is 11.4 Å². The van der Waals surface area contributed by atoms with E-state index in [1.807, 2.05) is 6.92 Å². The molecule has 5 N–H and O–H groups in total. The van der Waals surface area contributed by atoms with Crippen LogP contribution in [-0.2, 0) is 40.7 Å². The quantitative estimate of drug-likeness (QED) is 0.117. The summed E-state index contributed by atoms with van der Waals surface area (Å²) in [6.07, 6.45) is -0.656. The van der Waals surface area contributed by atoms with Crippen molar-refractivity contribution in [1.82, 2.24) is 4.90 Å². The second-order valence-corrected chi connectivity index (χ2v) is 16.8. The van der Waals surface area contributed by atoms with Gasteiger partial charge in [-0.25, -0.2) is 27.2 Å². The van der Waals surface area contributed by atoms with E-state index in [4.69, 9.17) is 15.2 Å². The van der Waals surface area contributed by atoms with Crippen LogP contribution in [0.3, 0.4) is 0 Å². The van der Waals surface area contributed by atoms with E-state index < -0.39 is 48.5 Å². The van der Waals surface area contributed by atoms with Crippen molar-refractivity contribution in [2.45, 2.75) is 63.6 Å². The van der Waals surface area contributed by atoms with Crippen molar-refractivity contribution < 1.29 is 46.6 Å². The number of anilines is 2. The zero-order chi connectivity index (χ0) is 36.7. The van der Waals surface area contributed by atoms with E-state index >= 15 is 0 Å². The number of nitrogens with zero attached hydrogens (tertiary/aromatic N) is 1. The van der Waals surface area contributed by atoms with Gasteiger partial charge in [-0.2, -0.15) is 0 Å². The van der Waals surface area contributed by atoms with E-state index in [0.717, 1.165) is 23.3 Å². The molecular formula is C33H38FIN4O9S. The first-order chi connectivity index (χ1) is 22.8. The number of carboxylic acid groups (broad SMARTS) is 1. The number of rotatable bonds is 13. The Morgan fingerprint density at radius 2 is 1.71 bits per heavy atom. The van der Waals surface area contributed by atoms with Crippen molar-refractivity contribution in [2.75, 3.05) is 24.3 Å². The molecule has 0 aliphatic heterocycles. The second-order valence-electron chi connectivity index (χ2n) is 12.0. The number of aryl methyl sites for hydroxylation is 1. The fourth-order valence-corrected chi connectivity index (χ4v) is 6.67. The first kappa shape index (κ1) is 39.0. The molecular weight excluding hydrogens is 774 g/mol. The molecule has 0 aliphatic carbocycles. The summed E-state index contributed by atoms with van der Waals surface area (Å²) in [5, 5.41) is 15.1. The van der Waals surface area contributed by atoms with Gasteiger partial charge in [0.15, 0.2) is 6.04 Å². The molecule has 0 fully saturated rings. The van der Waals surface area contributed by atoms with Gasteiger partial charge in [-0.1, -0.05) is 25.1 Å². The predicted octanol–water partition coefficient (Wildman–Crippen LogP) is 6.01. The molecule has 0 spiro atoms. The Morgan fingerprint density at radius 1 is 1.02 bits per heavy atom. The molecule has 3 aromatic rings. The maximum Gasteiger partial charge on any atom is 0.411 e. The van der Waals surface area contributed by atoms with Crippen LogP contribution in [0.15, 0.2) is 59.5 Å². The average Bonchev–Trinajstić information content (AvgIpc) is 2.99. The summed E-state index contributed by atoms with van der Waals surface area (Å²) < 4.78 is 49.9. The fraction of sp³-hybridized carbons (Fsp3) is 0.333. The Kier molecular flexibility index (Phi) is 13.0. The molecule has 0 aliphatic rings. The number of carboxylic acids is 1. The molecule has 3 rings (SSSR count). The molecule has 0 aromatic heterocycles. The Hall–Kier alpha value is -4.45. The Bertz CT molecular complexity index is 1850. The van der Waals surface area contributed by atoms with Crippen molar-refractivity contribution in [2.24, 2.45) is 5.73 Å². The molecule has 0 saturated heterocycles. The van der Waals surface area contributed by atoms with E-state index in [2.05, 4.69) is 10.6 Å². The molecule has 264 valence electrons. The van der Waals surface area contributed by atoms with E-state index in [1.165, 1.54) is 57.4 Å². The van der Waals surface area contributed by atoms with Gasteiger partial charge in [0.2, 0.25) is 12.9 Å². The number of halogens is 2. The number of carbonyl (C=O) groups is 4. The third-order valence-electron chi connectivity index (χ3n) is 7.03. The van der Waals surface area contributed by atoms with Gasteiger partial charge in [-0.15, -0.1) is 0 Å². The third-order valence-corrected chi connectivity index (χ3v) is 9.38. The molecule has 0 radical (unpaired) electrons. The molecule has 16 heteroatoms. The smallest absolute Gasteiger partial charge is 0.411 e. The summed E-state index contributed by atoms with van der Waals surface area (Å²) >= 11 is 1.30.